The van der Waals surface area contributed by atoms with Crippen molar-refractivity contribution in [3.63, 3.8) is 0 Å². The maximum absolute atomic E-state index is 11.9. The lowest BCUT2D eigenvalue weighted by molar-refractivity contribution is -0.136. The number of ether oxygens (including phenoxy) is 2. The van der Waals surface area contributed by atoms with Gasteiger partial charge in [0, 0.05) is 0 Å². The van der Waals surface area contributed by atoms with Crippen LogP contribution in [0.4, 0.5) is 4.79 Å². The summed E-state index contributed by atoms with van der Waals surface area (Å²) in [6.45, 7) is 3.45. The molecule has 7 nitrogen and oxygen atoms in total. The Kier molecular flexibility index (Phi) is 5.63. The van der Waals surface area contributed by atoms with Gasteiger partial charge < -0.3 is 14.8 Å². The van der Waals surface area contributed by atoms with Crippen molar-refractivity contribution >= 4 is 17.9 Å². The number of hydrogen-bond acceptors (Lipinski definition) is 5. The first-order chi connectivity index (χ1) is 13.3. The second kappa shape index (κ2) is 8.12. The fourth-order valence-electron chi connectivity index (χ4n) is 2.88. The standard InChI is InChI=1S/C21H22N2O5/c1-14-4-3-5-17(12-14)27-13-18(24)28-16-8-6-15(7-9-16)10-11-21(2)19(25)22-20(26)23-21/h3-9,12H,10-11,13H2,1-2H3,(H2,22,23,25,26)/t21-/m0/s1. The van der Waals surface area contributed by atoms with Crippen LogP contribution in [0.5, 0.6) is 11.5 Å². The molecule has 0 radical (unpaired) electrons. The molecule has 1 aliphatic heterocycles. The number of benzene rings is 2. The molecule has 1 heterocycles. The fraction of sp³-hybridized carbons (Fsp3) is 0.286. The number of nitrogens with one attached hydrogen (secondary N) is 2. The summed E-state index contributed by atoms with van der Waals surface area (Å²) in [5, 5.41) is 4.88. The van der Waals surface area contributed by atoms with Gasteiger partial charge in [-0.05, 0) is 62.1 Å². The van der Waals surface area contributed by atoms with Crippen molar-refractivity contribution in [1.82, 2.24) is 10.6 Å². The fourth-order valence-corrected chi connectivity index (χ4v) is 2.88. The van der Waals surface area contributed by atoms with Crippen LogP contribution in [0, 0.1) is 6.92 Å². The minimum Gasteiger partial charge on any atom is -0.482 e. The number of rotatable bonds is 7. The Balaban J connectivity index is 1.48. The first-order valence-corrected chi connectivity index (χ1v) is 8.97. The quantitative estimate of drug-likeness (QED) is 0.436. The lowest BCUT2D eigenvalue weighted by atomic mass is 9.93. The SMILES string of the molecule is Cc1cccc(OCC(=O)Oc2ccc(CC[C@]3(C)NC(=O)NC3=O)cc2)c1. The Morgan fingerprint density at radius 2 is 1.82 bits per heavy atom. The van der Waals surface area contributed by atoms with Gasteiger partial charge in [-0.25, -0.2) is 9.59 Å². The summed E-state index contributed by atoms with van der Waals surface area (Å²) < 4.78 is 10.7. The molecule has 0 unspecified atom stereocenters. The van der Waals surface area contributed by atoms with E-state index < -0.39 is 17.5 Å². The number of urea groups is 1. The number of amides is 3. The van der Waals surface area contributed by atoms with E-state index in [1.54, 1.807) is 25.1 Å². The summed E-state index contributed by atoms with van der Waals surface area (Å²) in [6, 6.07) is 14.0. The van der Waals surface area contributed by atoms with Gasteiger partial charge >= 0.3 is 12.0 Å². The Morgan fingerprint density at radius 1 is 1.07 bits per heavy atom. The summed E-state index contributed by atoms with van der Waals surface area (Å²) in [4.78, 5) is 35.0. The first-order valence-electron chi connectivity index (χ1n) is 8.97. The average Bonchev–Trinajstić information content (AvgIpc) is 2.91. The van der Waals surface area contributed by atoms with Gasteiger partial charge in [0.1, 0.15) is 17.0 Å². The van der Waals surface area contributed by atoms with Gasteiger partial charge in [-0.1, -0.05) is 24.3 Å². The summed E-state index contributed by atoms with van der Waals surface area (Å²) in [5.41, 5.74) is 1.10. The molecule has 1 fully saturated rings. The Morgan fingerprint density at radius 3 is 2.46 bits per heavy atom. The second-order valence-electron chi connectivity index (χ2n) is 6.96. The smallest absolute Gasteiger partial charge is 0.349 e. The van der Waals surface area contributed by atoms with Crippen molar-refractivity contribution in [3.8, 4) is 11.5 Å². The predicted molar refractivity (Wildman–Crippen MR) is 102 cm³/mol. The molecular formula is C21H22N2O5. The molecule has 146 valence electrons. The Hall–Kier alpha value is -3.35. The van der Waals surface area contributed by atoms with Gasteiger partial charge in [0.05, 0.1) is 0 Å². The van der Waals surface area contributed by atoms with Crippen LogP contribution < -0.4 is 20.1 Å². The molecule has 1 atom stereocenters. The molecule has 0 aliphatic carbocycles. The van der Waals surface area contributed by atoms with Gasteiger partial charge in [-0.15, -0.1) is 0 Å². The van der Waals surface area contributed by atoms with Crippen molar-refractivity contribution in [2.75, 3.05) is 6.61 Å². The van der Waals surface area contributed by atoms with Crippen LogP contribution in [0.1, 0.15) is 24.5 Å². The van der Waals surface area contributed by atoms with Crippen molar-refractivity contribution in [1.29, 1.82) is 0 Å². The summed E-state index contributed by atoms with van der Waals surface area (Å²) in [6.07, 6.45) is 1.06. The minimum absolute atomic E-state index is 0.182. The average molecular weight is 382 g/mol. The molecule has 2 aromatic carbocycles. The van der Waals surface area contributed by atoms with Crippen molar-refractivity contribution in [3.05, 3.63) is 59.7 Å². The number of hydrogen-bond donors (Lipinski definition) is 2. The largest absolute Gasteiger partial charge is 0.482 e. The van der Waals surface area contributed by atoms with Crippen LogP contribution in [0.15, 0.2) is 48.5 Å². The maximum atomic E-state index is 11.9. The molecule has 1 saturated heterocycles. The van der Waals surface area contributed by atoms with Crippen LogP contribution in [-0.2, 0) is 16.0 Å². The molecule has 7 heteroatoms. The van der Waals surface area contributed by atoms with Gasteiger partial charge in [-0.3, -0.25) is 10.1 Å². The number of carbonyl (C=O) groups is 3. The molecule has 2 N–H and O–H groups in total. The highest BCUT2D eigenvalue weighted by molar-refractivity contribution is 6.06. The van der Waals surface area contributed by atoms with E-state index in [1.807, 2.05) is 37.3 Å². The highest BCUT2D eigenvalue weighted by atomic mass is 16.6. The van der Waals surface area contributed by atoms with E-state index in [0.717, 1.165) is 11.1 Å². The van der Waals surface area contributed by atoms with E-state index in [9.17, 15) is 14.4 Å². The third-order valence-corrected chi connectivity index (χ3v) is 4.53. The molecule has 2 aromatic rings. The summed E-state index contributed by atoms with van der Waals surface area (Å²) in [7, 11) is 0. The van der Waals surface area contributed by atoms with Gasteiger partial charge in [-0.2, -0.15) is 0 Å². The number of imide groups is 1. The number of aryl methyl sites for hydroxylation is 2. The zero-order valence-corrected chi connectivity index (χ0v) is 15.8. The third kappa shape index (κ3) is 4.88. The predicted octanol–water partition coefficient (Wildman–Crippen LogP) is 2.51. The molecule has 0 bridgehead atoms. The Bertz CT molecular complexity index is 894. The molecule has 0 saturated carbocycles. The molecule has 3 rings (SSSR count). The highest BCUT2D eigenvalue weighted by Gasteiger charge is 2.41. The molecule has 3 amide bonds. The normalized spacial score (nSPS) is 18.4. The van der Waals surface area contributed by atoms with Crippen molar-refractivity contribution in [2.45, 2.75) is 32.2 Å². The molecule has 0 spiro atoms. The van der Waals surface area contributed by atoms with Crippen LogP contribution in [0.2, 0.25) is 0 Å². The third-order valence-electron chi connectivity index (χ3n) is 4.53. The molecule has 0 aromatic heterocycles. The van der Waals surface area contributed by atoms with Gasteiger partial charge in [0.2, 0.25) is 0 Å². The lowest BCUT2D eigenvalue weighted by Gasteiger charge is -2.20. The van der Waals surface area contributed by atoms with Crippen LogP contribution in [0.25, 0.3) is 0 Å². The topological polar surface area (TPSA) is 93.7 Å². The van der Waals surface area contributed by atoms with Crippen LogP contribution >= 0.6 is 0 Å². The summed E-state index contributed by atoms with van der Waals surface area (Å²) in [5.74, 6) is 0.215. The zero-order valence-electron chi connectivity index (χ0n) is 15.8. The van der Waals surface area contributed by atoms with Gasteiger partial charge in [0.15, 0.2) is 6.61 Å². The lowest BCUT2D eigenvalue weighted by Crippen LogP contribution is -2.43. The van der Waals surface area contributed by atoms with E-state index in [4.69, 9.17) is 9.47 Å². The summed E-state index contributed by atoms with van der Waals surface area (Å²) >= 11 is 0. The van der Waals surface area contributed by atoms with E-state index in [2.05, 4.69) is 10.6 Å². The van der Waals surface area contributed by atoms with Crippen molar-refractivity contribution in [2.24, 2.45) is 0 Å². The number of esters is 1. The van der Waals surface area contributed by atoms with E-state index in [0.29, 0.717) is 24.3 Å². The number of carbonyl (C=O) groups excluding carboxylic acids is 3. The van der Waals surface area contributed by atoms with Crippen LogP contribution in [0.3, 0.4) is 0 Å². The maximum Gasteiger partial charge on any atom is 0.349 e. The van der Waals surface area contributed by atoms with Crippen LogP contribution in [-0.4, -0.2) is 30.1 Å². The van der Waals surface area contributed by atoms with E-state index in [-0.39, 0.29) is 12.5 Å². The molecule has 1 aliphatic rings. The second-order valence-corrected chi connectivity index (χ2v) is 6.96. The van der Waals surface area contributed by atoms with Crippen molar-refractivity contribution < 1.29 is 23.9 Å². The first kappa shape index (κ1) is 19.4. The molecular weight excluding hydrogens is 360 g/mol. The zero-order chi connectivity index (χ0) is 20.1. The van der Waals surface area contributed by atoms with E-state index in [1.165, 1.54) is 0 Å². The monoisotopic (exact) mass is 382 g/mol. The molecule has 28 heavy (non-hydrogen) atoms. The van der Waals surface area contributed by atoms with E-state index >= 15 is 0 Å². The Labute approximate surface area is 163 Å². The van der Waals surface area contributed by atoms with Gasteiger partial charge in [0.25, 0.3) is 5.91 Å². The minimum atomic E-state index is -0.907. The highest BCUT2D eigenvalue weighted by Crippen LogP contribution is 2.20.